The highest BCUT2D eigenvalue weighted by Crippen LogP contribution is 2.22. The summed E-state index contributed by atoms with van der Waals surface area (Å²) in [5.41, 5.74) is 5.01. The van der Waals surface area contributed by atoms with E-state index in [0.717, 1.165) is 22.7 Å². The molecule has 0 bridgehead atoms. The normalized spacial score (nSPS) is 12.9. The van der Waals surface area contributed by atoms with E-state index in [-0.39, 0.29) is 6.04 Å². The highest BCUT2D eigenvalue weighted by molar-refractivity contribution is 7.11. The first kappa shape index (κ1) is 12.2. The van der Waals surface area contributed by atoms with Gasteiger partial charge in [0.2, 0.25) is 0 Å². The van der Waals surface area contributed by atoms with Gasteiger partial charge in [0.1, 0.15) is 0 Å². The van der Waals surface area contributed by atoms with Crippen molar-refractivity contribution in [2.75, 3.05) is 0 Å². The number of aromatic nitrogens is 3. The van der Waals surface area contributed by atoms with E-state index in [1.807, 2.05) is 26.4 Å². The Labute approximate surface area is 105 Å². The first-order valence-electron chi connectivity index (χ1n) is 5.47. The number of aryl methyl sites for hydroxylation is 3. The van der Waals surface area contributed by atoms with Crippen molar-refractivity contribution in [3.8, 4) is 0 Å². The molecule has 1 atom stereocenters. The Bertz CT molecular complexity index is 482. The van der Waals surface area contributed by atoms with E-state index in [0.29, 0.717) is 0 Å². The number of nitrogens with two attached hydrogens (primary N) is 1. The van der Waals surface area contributed by atoms with Crippen LogP contribution in [0, 0.1) is 13.8 Å². The van der Waals surface area contributed by atoms with Crippen LogP contribution in [0.3, 0.4) is 0 Å². The third-order valence-corrected chi connectivity index (χ3v) is 3.88. The lowest BCUT2D eigenvalue weighted by molar-refractivity contribution is 0.550. The van der Waals surface area contributed by atoms with Crippen LogP contribution < -0.4 is 11.3 Å². The van der Waals surface area contributed by atoms with Crippen molar-refractivity contribution >= 4 is 11.3 Å². The fraction of sp³-hybridized carbons (Fsp3) is 0.455. The fourth-order valence-corrected chi connectivity index (χ4v) is 2.67. The molecule has 6 heteroatoms. The molecule has 0 saturated carbocycles. The van der Waals surface area contributed by atoms with Gasteiger partial charge in [0.15, 0.2) is 0 Å². The summed E-state index contributed by atoms with van der Waals surface area (Å²) in [4.78, 5) is 5.79. The third kappa shape index (κ3) is 2.71. The minimum atomic E-state index is 0.0636. The number of nitrogens with one attached hydrogen (secondary N) is 1. The maximum absolute atomic E-state index is 5.60. The second kappa shape index (κ2) is 4.95. The molecule has 0 amide bonds. The highest BCUT2D eigenvalue weighted by atomic mass is 32.1. The first-order chi connectivity index (χ1) is 8.10. The van der Waals surface area contributed by atoms with Crippen LogP contribution in [0.5, 0.6) is 0 Å². The van der Waals surface area contributed by atoms with Gasteiger partial charge >= 0.3 is 0 Å². The topological polar surface area (TPSA) is 68.8 Å². The second-order valence-corrected chi connectivity index (χ2v) is 5.41. The van der Waals surface area contributed by atoms with Crippen LogP contribution in [0.4, 0.5) is 0 Å². The molecule has 5 nitrogen and oxygen atoms in total. The van der Waals surface area contributed by atoms with E-state index in [1.54, 1.807) is 16.0 Å². The zero-order valence-electron chi connectivity index (χ0n) is 10.3. The van der Waals surface area contributed by atoms with Crippen molar-refractivity contribution < 1.29 is 0 Å². The summed E-state index contributed by atoms with van der Waals surface area (Å²) >= 11 is 1.73. The van der Waals surface area contributed by atoms with E-state index < -0.39 is 0 Å². The van der Waals surface area contributed by atoms with E-state index in [9.17, 15) is 0 Å². The molecule has 0 saturated heterocycles. The van der Waals surface area contributed by atoms with Crippen molar-refractivity contribution in [1.29, 1.82) is 0 Å². The zero-order valence-corrected chi connectivity index (χ0v) is 11.1. The van der Waals surface area contributed by atoms with Gasteiger partial charge in [-0.05, 0) is 13.8 Å². The van der Waals surface area contributed by atoms with Crippen LogP contribution in [0.1, 0.15) is 27.2 Å². The molecule has 0 aliphatic heterocycles. The lowest BCUT2D eigenvalue weighted by atomic mass is 10.1. The van der Waals surface area contributed by atoms with Gasteiger partial charge in [-0.2, -0.15) is 5.10 Å². The fourth-order valence-electron chi connectivity index (χ4n) is 1.69. The number of hydrazine groups is 1. The second-order valence-electron chi connectivity index (χ2n) is 4.12. The average molecular weight is 251 g/mol. The maximum Gasteiger partial charge on any atom is 0.0950 e. The van der Waals surface area contributed by atoms with Gasteiger partial charge in [-0.3, -0.25) is 16.0 Å². The molecular weight excluding hydrogens is 234 g/mol. The van der Waals surface area contributed by atoms with Crippen LogP contribution in [-0.4, -0.2) is 14.8 Å². The number of hydrogen-bond acceptors (Lipinski definition) is 5. The summed E-state index contributed by atoms with van der Waals surface area (Å²) in [7, 11) is 1.90. The van der Waals surface area contributed by atoms with E-state index >= 15 is 0 Å². The summed E-state index contributed by atoms with van der Waals surface area (Å²) in [5, 5.41) is 5.26. The molecule has 0 aromatic carbocycles. The van der Waals surface area contributed by atoms with E-state index in [1.165, 1.54) is 4.88 Å². The van der Waals surface area contributed by atoms with Gasteiger partial charge in [0.25, 0.3) is 0 Å². The Morgan fingerprint density at radius 2 is 2.29 bits per heavy atom. The Morgan fingerprint density at radius 1 is 1.53 bits per heavy atom. The molecule has 2 heterocycles. The number of hydrogen-bond donors (Lipinski definition) is 2. The Morgan fingerprint density at radius 3 is 2.76 bits per heavy atom. The van der Waals surface area contributed by atoms with Gasteiger partial charge in [-0.25, -0.2) is 4.98 Å². The van der Waals surface area contributed by atoms with E-state index in [2.05, 4.69) is 22.4 Å². The number of thiazole rings is 1. The van der Waals surface area contributed by atoms with E-state index in [4.69, 9.17) is 5.84 Å². The molecule has 2 aromatic heterocycles. The molecule has 0 aliphatic carbocycles. The molecule has 2 aromatic rings. The minimum absolute atomic E-state index is 0.0636. The number of nitrogens with zero attached hydrogens (tertiary/aromatic N) is 3. The maximum atomic E-state index is 5.60. The first-order valence-corrected chi connectivity index (χ1v) is 6.29. The minimum Gasteiger partial charge on any atom is -0.275 e. The van der Waals surface area contributed by atoms with Crippen molar-refractivity contribution in [2.24, 2.45) is 12.9 Å². The number of rotatable bonds is 4. The quantitative estimate of drug-likeness (QED) is 0.633. The predicted molar refractivity (Wildman–Crippen MR) is 68.6 cm³/mol. The average Bonchev–Trinajstić information content (AvgIpc) is 2.83. The van der Waals surface area contributed by atoms with Crippen molar-refractivity contribution in [3.63, 3.8) is 0 Å². The molecule has 0 aliphatic rings. The Kier molecular flexibility index (Phi) is 3.56. The van der Waals surface area contributed by atoms with Crippen LogP contribution in [0.25, 0.3) is 0 Å². The van der Waals surface area contributed by atoms with Crippen molar-refractivity contribution in [3.05, 3.63) is 33.5 Å². The third-order valence-electron chi connectivity index (χ3n) is 2.78. The van der Waals surface area contributed by atoms with Crippen molar-refractivity contribution in [2.45, 2.75) is 26.3 Å². The highest BCUT2D eigenvalue weighted by Gasteiger charge is 2.15. The Balaban J connectivity index is 2.15. The van der Waals surface area contributed by atoms with Crippen LogP contribution in [0.15, 0.2) is 12.4 Å². The van der Waals surface area contributed by atoms with Crippen LogP contribution in [-0.2, 0) is 13.5 Å². The van der Waals surface area contributed by atoms with Crippen LogP contribution in [0.2, 0.25) is 0 Å². The standard InChI is InChI=1S/C11H17N5S/c1-7-8(2)17-11(14-7)4-10(15-12)9-5-13-16(3)6-9/h5-6,10,15H,4,12H2,1-3H3. The lowest BCUT2D eigenvalue weighted by Gasteiger charge is -2.11. The summed E-state index contributed by atoms with van der Waals surface area (Å²) < 4.78 is 1.78. The van der Waals surface area contributed by atoms with Gasteiger partial charge in [0.05, 0.1) is 22.9 Å². The van der Waals surface area contributed by atoms with Crippen LogP contribution >= 0.6 is 11.3 Å². The molecular formula is C11H17N5S. The van der Waals surface area contributed by atoms with Gasteiger partial charge < -0.3 is 0 Å². The lowest BCUT2D eigenvalue weighted by Crippen LogP contribution is -2.29. The molecule has 92 valence electrons. The van der Waals surface area contributed by atoms with Gasteiger partial charge in [-0.1, -0.05) is 0 Å². The predicted octanol–water partition coefficient (Wildman–Crippen LogP) is 1.24. The molecule has 1 unspecified atom stereocenters. The largest absolute Gasteiger partial charge is 0.275 e. The monoisotopic (exact) mass is 251 g/mol. The smallest absolute Gasteiger partial charge is 0.0950 e. The SMILES string of the molecule is Cc1nc(CC(NN)c2cnn(C)c2)sc1C. The van der Waals surface area contributed by atoms with Gasteiger partial charge in [-0.15, -0.1) is 11.3 Å². The summed E-state index contributed by atoms with van der Waals surface area (Å²) in [6.07, 6.45) is 4.59. The Hall–Kier alpha value is -1.24. The summed E-state index contributed by atoms with van der Waals surface area (Å²) in [5.74, 6) is 5.60. The summed E-state index contributed by atoms with van der Waals surface area (Å²) in [6, 6.07) is 0.0636. The van der Waals surface area contributed by atoms with Crippen molar-refractivity contribution in [1.82, 2.24) is 20.2 Å². The van der Waals surface area contributed by atoms with Gasteiger partial charge in [0, 0.05) is 30.1 Å². The zero-order chi connectivity index (χ0) is 12.4. The molecule has 17 heavy (non-hydrogen) atoms. The molecule has 0 fully saturated rings. The molecule has 0 spiro atoms. The molecule has 0 radical (unpaired) electrons. The summed E-state index contributed by atoms with van der Waals surface area (Å²) in [6.45, 7) is 4.12. The molecule has 2 rings (SSSR count). The molecule has 3 N–H and O–H groups in total.